The Labute approximate surface area is 213 Å². The molecule has 2 aliphatic rings. The average Bonchev–Trinajstić information content (AvgIpc) is 3.30. The van der Waals surface area contributed by atoms with Crippen LogP contribution >= 0.6 is 11.8 Å². The van der Waals surface area contributed by atoms with Gasteiger partial charge in [0, 0.05) is 11.4 Å². The molecule has 9 heteroatoms. The number of aromatic nitrogens is 3. The van der Waals surface area contributed by atoms with E-state index in [4.69, 9.17) is 9.84 Å². The van der Waals surface area contributed by atoms with Crippen LogP contribution in [0.4, 0.5) is 5.95 Å². The fourth-order valence-electron chi connectivity index (χ4n) is 4.79. The van der Waals surface area contributed by atoms with E-state index >= 15 is 0 Å². The summed E-state index contributed by atoms with van der Waals surface area (Å²) >= 11 is 1.48. The molecule has 1 aliphatic carbocycles. The van der Waals surface area contributed by atoms with Crippen LogP contribution in [0, 0.1) is 0 Å². The number of hydrogen-bond acceptors (Lipinski definition) is 7. The minimum Gasteiger partial charge on any atom is -0.478 e. The van der Waals surface area contributed by atoms with Gasteiger partial charge in [-0.2, -0.15) is 4.98 Å². The van der Waals surface area contributed by atoms with Gasteiger partial charge < -0.3 is 15.2 Å². The third-order valence-corrected chi connectivity index (χ3v) is 7.48. The molecule has 36 heavy (non-hydrogen) atoms. The molecule has 1 atom stereocenters. The number of carboxylic acids is 1. The van der Waals surface area contributed by atoms with E-state index in [0.29, 0.717) is 33.7 Å². The summed E-state index contributed by atoms with van der Waals surface area (Å²) in [5, 5.41) is 18.4. The monoisotopic (exact) mass is 504 g/mol. The number of aromatic carboxylic acids is 1. The summed E-state index contributed by atoms with van der Waals surface area (Å²) < 4.78 is 7.54. The first-order valence-electron chi connectivity index (χ1n) is 12.2. The van der Waals surface area contributed by atoms with Crippen LogP contribution in [0.3, 0.4) is 0 Å². The maximum Gasteiger partial charge on any atom is 0.338 e. The molecule has 0 bridgehead atoms. The van der Waals surface area contributed by atoms with Crippen LogP contribution in [0.15, 0.2) is 71.0 Å². The Kier molecular flexibility index (Phi) is 7.09. The van der Waals surface area contributed by atoms with E-state index in [-0.39, 0.29) is 11.7 Å². The standard InChI is InChI=1S/C27H28N4O4S/c1-17-22(25(34)35-19-12-6-3-7-13-19)23(20-14-8-9-15-21(20)24(32)33)31-26(28-17)29-27(30-31)36-16-18-10-4-2-5-11-18/h2,4-5,8-11,14-15,19,23H,3,6-7,12-13,16H2,1H3,(H,32,33)(H,28,29,30). The Balaban J connectivity index is 1.52. The van der Waals surface area contributed by atoms with Crippen LogP contribution in [0.1, 0.15) is 66.6 Å². The molecule has 1 aromatic heterocycles. The largest absolute Gasteiger partial charge is 0.478 e. The molecule has 3 aromatic rings. The first-order valence-corrected chi connectivity index (χ1v) is 13.1. The van der Waals surface area contributed by atoms with Crippen molar-refractivity contribution in [1.82, 2.24) is 14.8 Å². The fraction of sp³-hybridized carbons (Fsp3) is 0.333. The fourth-order valence-corrected chi connectivity index (χ4v) is 5.58. The first-order chi connectivity index (χ1) is 17.5. The summed E-state index contributed by atoms with van der Waals surface area (Å²) in [4.78, 5) is 30.3. The Bertz CT molecular complexity index is 1300. The van der Waals surface area contributed by atoms with Crippen molar-refractivity contribution in [3.05, 3.63) is 82.6 Å². The molecule has 0 radical (unpaired) electrons. The zero-order valence-corrected chi connectivity index (χ0v) is 20.8. The third-order valence-electron chi connectivity index (χ3n) is 6.58. The second-order valence-electron chi connectivity index (χ2n) is 9.06. The lowest BCUT2D eigenvalue weighted by atomic mass is 9.91. The van der Waals surface area contributed by atoms with Crippen LogP contribution in [0.25, 0.3) is 0 Å². The summed E-state index contributed by atoms with van der Waals surface area (Å²) in [5.74, 6) is -0.370. The van der Waals surface area contributed by atoms with E-state index < -0.39 is 18.0 Å². The van der Waals surface area contributed by atoms with Crippen LogP contribution in [0.2, 0.25) is 0 Å². The zero-order chi connectivity index (χ0) is 25.1. The summed E-state index contributed by atoms with van der Waals surface area (Å²) in [6, 6.07) is 16.0. The van der Waals surface area contributed by atoms with Crippen LogP contribution in [0.5, 0.6) is 0 Å². The van der Waals surface area contributed by atoms with Crippen molar-refractivity contribution in [3.63, 3.8) is 0 Å². The number of carbonyl (C=O) groups is 2. The van der Waals surface area contributed by atoms with Crippen molar-refractivity contribution < 1.29 is 19.4 Å². The lowest BCUT2D eigenvalue weighted by Gasteiger charge is -2.30. The molecule has 1 fully saturated rings. The molecule has 0 spiro atoms. The quantitative estimate of drug-likeness (QED) is 0.324. The Morgan fingerprint density at radius 1 is 1.08 bits per heavy atom. The van der Waals surface area contributed by atoms with Gasteiger partial charge in [-0.05, 0) is 49.8 Å². The number of anilines is 1. The highest BCUT2D eigenvalue weighted by molar-refractivity contribution is 7.98. The van der Waals surface area contributed by atoms with Gasteiger partial charge in [0.1, 0.15) is 12.1 Å². The summed E-state index contributed by atoms with van der Waals surface area (Å²) in [6.45, 7) is 1.79. The lowest BCUT2D eigenvalue weighted by Crippen LogP contribution is -2.32. The average molecular weight is 505 g/mol. The number of allylic oxidation sites excluding steroid dienone is 1. The number of benzene rings is 2. The molecule has 2 aromatic carbocycles. The van der Waals surface area contributed by atoms with E-state index in [1.165, 1.54) is 11.8 Å². The number of nitrogens with one attached hydrogen (secondary N) is 1. The second kappa shape index (κ2) is 10.6. The molecule has 8 nitrogen and oxygen atoms in total. The highest BCUT2D eigenvalue weighted by Gasteiger charge is 2.38. The Morgan fingerprint density at radius 3 is 2.56 bits per heavy atom. The molecule has 1 aliphatic heterocycles. The zero-order valence-electron chi connectivity index (χ0n) is 20.0. The number of esters is 1. The Hall–Kier alpha value is -3.59. The van der Waals surface area contributed by atoms with Gasteiger partial charge in [0.05, 0.1) is 11.1 Å². The highest BCUT2D eigenvalue weighted by Crippen LogP contribution is 2.39. The molecular weight excluding hydrogens is 476 g/mol. The molecule has 1 unspecified atom stereocenters. The SMILES string of the molecule is CC1=C(C(=O)OC2CCCCC2)C(c2ccccc2C(=O)O)n2nc(SCc3ccccc3)nc2N1. The smallest absolute Gasteiger partial charge is 0.338 e. The maximum atomic E-state index is 13.5. The molecule has 186 valence electrons. The molecule has 1 saturated carbocycles. The molecule has 0 saturated heterocycles. The predicted molar refractivity (Wildman–Crippen MR) is 137 cm³/mol. The number of carboxylic acid groups (broad SMARTS) is 1. The molecule has 0 amide bonds. The molecule has 5 rings (SSSR count). The summed E-state index contributed by atoms with van der Waals surface area (Å²) in [6.07, 6.45) is 4.78. The summed E-state index contributed by atoms with van der Waals surface area (Å²) in [7, 11) is 0. The van der Waals surface area contributed by atoms with Gasteiger partial charge in [-0.15, -0.1) is 5.10 Å². The maximum absolute atomic E-state index is 13.5. The van der Waals surface area contributed by atoms with Crippen molar-refractivity contribution in [2.24, 2.45) is 0 Å². The normalized spacial score (nSPS) is 17.9. The van der Waals surface area contributed by atoms with Crippen molar-refractivity contribution in [3.8, 4) is 0 Å². The van der Waals surface area contributed by atoms with E-state index in [9.17, 15) is 14.7 Å². The highest BCUT2D eigenvalue weighted by atomic mass is 32.2. The van der Waals surface area contributed by atoms with Gasteiger partial charge in [-0.3, -0.25) is 0 Å². The van der Waals surface area contributed by atoms with Gasteiger partial charge in [-0.1, -0.05) is 66.7 Å². The third kappa shape index (κ3) is 5.02. The minimum atomic E-state index is -1.07. The van der Waals surface area contributed by atoms with Gasteiger partial charge in [0.15, 0.2) is 0 Å². The number of fused-ring (bicyclic) bond motifs is 1. The molecular formula is C27H28N4O4S. The predicted octanol–water partition coefficient (Wildman–Crippen LogP) is 5.43. The van der Waals surface area contributed by atoms with Crippen molar-refractivity contribution in [2.75, 3.05) is 5.32 Å². The first kappa shape index (κ1) is 24.1. The summed E-state index contributed by atoms with van der Waals surface area (Å²) in [5.41, 5.74) is 2.65. The van der Waals surface area contributed by atoms with Gasteiger partial charge >= 0.3 is 11.9 Å². The van der Waals surface area contributed by atoms with Crippen molar-refractivity contribution >= 4 is 29.6 Å². The lowest BCUT2D eigenvalue weighted by molar-refractivity contribution is -0.146. The number of thioether (sulfide) groups is 1. The van der Waals surface area contributed by atoms with Crippen LogP contribution in [-0.2, 0) is 15.3 Å². The number of ether oxygens (including phenoxy) is 1. The van der Waals surface area contributed by atoms with E-state index in [2.05, 4.69) is 10.3 Å². The van der Waals surface area contributed by atoms with Gasteiger partial charge in [0.25, 0.3) is 0 Å². The number of rotatable bonds is 7. The topological polar surface area (TPSA) is 106 Å². The minimum absolute atomic E-state index is 0.111. The number of carbonyl (C=O) groups excluding carboxylic acids is 1. The van der Waals surface area contributed by atoms with E-state index in [0.717, 1.165) is 37.7 Å². The van der Waals surface area contributed by atoms with Crippen LogP contribution in [-0.4, -0.2) is 37.9 Å². The van der Waals surface area contributed by atoms with Crippen molar-refractivity contribution in [1.29, 1.82) is 0 Å². The van der Waals surface area contributed by atoms with Crippen LogP contribution < -0.4 is 5.32 Å². The Morgan fingerprint density at radius 2 is 1.81 bits per heavy atom. The molecule has 2 N–H and O–H groups in total. The van der Waals surface area contributed by atoms with Gasteiger partial charge in [-0.25, -0.2) is 14.3 Å². The van der Waals surface area contributed by atoms with Gasteiger partial charge in [0.2, 0.25) is 11.1 Å². The number of hydrogen-bond donors (Lipinski definition) is 2. The molecule has 2 heterocycles. The second-order valence-corrected chi connectivity index (χ2v) is 10.0. The van der Waals surface area contributed by atoms with E-state index in [1.54, 1.807) is 35.9 Å². The number of nitrogens with zero attached hydrogens (tertiary/aromatic N) is 3. The van der Waals surface area contributed by atoms with Crippen molar-refractivity contribution in [2.45, 2.75) is 62.1 Å². The van der Waals surface area contributed by atoms with E-state index in [1.807, 2.05) is 30.3 Å².